The fourth-order valence-electron chi connectivity index (χ4n) is 1.47. The number of hydrogen-bond acceptors (Lipinski definition) is 4. The normalized spacial score (nSPS) is 12.8. The van der Waals surface area contributed by atoms with E-state index in [-0.39, 0.29) is 12.0 Å². The van der Waals surface area contributed by atoms with Gasteiger partial charge in [0.2, 0.25) is 0 Å². The minimum atomic E-state index is -0.411. The summed E-state index contributed by atoms with van der Waals surface area (Å²) < 4.78 is 6.63. The second-order valence-electron chi connectivity index (χ2n) is 4.01. The Bertz CT molecular complexity index is 365. The van der Waals surface area contributed by atoms with Crippen molar-refractivity contribution in [3.8, 4) is 0 Å². The summed E-state index contributed by atoms with van der Waals surface area (Å²) in [7, 11) is 0. The molecule has 1 heterocycles. The van der Waals surface area contributed by atoms with Crippen LogP contribution in [0.5, 0.6) is 0 Å². The predicted molar refractivity (Wildman–Crippen MR) is 65.9 cm³/mol. The second kappa shape index (κ2) is 6.61. The van der Waals surface area contributed by atoms with Crippen LogP contribution in [0.2, 0.25) is 5.02 Å². The average molecular weight is 260 g/mol. The average Bonchev–Trinajstić information content (AvgIpc) is 2.63. The van der Waals surface area contributed by atoms with E-state index in [1.807, 2.05) is 13.8 Å². The molecule has 1 N–H and O–H groups in total. The maximum atomic E-state index is 11.7. The largest absolute Gasteiger partial charge is 0.465 e. The zero-order valence-corrected chi connectivity index (χ0v) is 11.1. The lowest BCUT2D eigenvalue weighted by molar-refractivity contribution is -0.146. The zero-order chi connectivity index (χ0) is 12.8. The molecule has 1 aromatic rings. The van der Waals surface area contributed by atoms with Crippen molar-refractivity contribution < 1.29 is 9.53 Å². The van der Waals surface area contributed by atoms with Gasteiger partial charge in [0.25, 0.3) is 0 Å². The van der Waals surface area contributed by atoms with E-state index in [9.17, 15) is 4.79 Å². The quantitative estimate of drug-likeness (QED) is 0.786. The van der Waals surface area contributed by atoms with Gasteiger partial charge in [0.15, 0.2) is 0 Å². The van der Waals surface area contributed by atoms with Gasteiger partial charge in [-0.15, -0.1) is 0 Å². The molecule has 1 atom stereocenters. The van der Waals surface area contributed by atoms with E-state index in [0.717, 1.165) is 0 Å². The van der Waals surface area contributed by atoms with E-state index in [1.54, 1.807) is 24.0 Å². The molecule has 6 heteroatoms. The maximum Gasteiger partial charge on any atom is 0.325 e. The molecule has 0 aliphatic rings. The second-order valence-corrected chi connectivity index (χ2v) is 4.44. The molecule has 5 nitrogen and oxygen atoms in total. The summed E-state index contributed by atoms with van der Waals surface area (Å²) >= 11 is 5.77. The lowest BCUT2D eigenvalue weighted by atomic mass is 10.2. The Morgan fingerprint density at radius 1 is 1.65 bits per heavy atom. The zero-order valence-electron chi connectivity index (χ0n) is 10.3. The van der Waals surface area contributed by atoms with Gasteiger partial charge in [-0.3, -0.25) is 9.48 Å². The highest BCUT2D eigenvalue weighted by molar-refractivity contribution is 6.30. The fourth-order valence-corrected chi connectivity index (χ4v) is 1.62. The van der Waals surface area contributed by atoms with Crippen molar-refractivity contribution in [2.45, 2.75) is 39.4 Å². The number of halogens is 1. The summed E-state index contributed by atoms with van der Waals surface area (Å²) in [6.07, 6.45) is 3.22. The lowest BCUT2D eigenvalue weighted by Crippen LogP contribution is -2.44. The number of carbonyl (C=O) groups is 1. The van der Waals surface area contributed by atoms with Gasteiger partial charge in [0.05, 0.1) is 24.4 Å². The van der Waals surface area contributed by atoms with Gasteiger partial charge in [0.1, 0.15) is 6.04 Å². The van der Waals surface area contributed by atoms with Crippen molar-refractivity contribution >= 4 is 17.6 Å². The van der Waals surface area contributed by atoms with Gasteiger partial charge < -0.3 is 10.1 Å². The number of nitrogens with zero attached hydrogens (tertiary/aromatic N) is 2. The van der Waals surface area contributed by atoms with E-state index >= 15 is 0 Å². The number of aromatic nitrogens is 2. The Kier molecular flexibility index (Phi) is 5.44. The molecule has 0 aliphatic heterocycles. The van der Waals surface area contributed by atoms with Crippen LogP contribution in [0.25, 0.3) is 0 Å². The van der Waals surface area contributed by atoms with Crippen molar-refractivity contribution in [2.24, 2.45) is 0 Å². The molecule has 17 heavy (non-hydrogen) atoms. The summed E-state index contributed by atoms with van der Waals surface area (Å²) in [5.74, 6) is -0.271. The molecule has 0 spiro atoms. The van der Waals surface area contributed by atoms with Crippen molar-refractivity contribution in [1.82, 2.24) is 15.1 Å². The summed E-state index contributed by atoms with van der Waals surface area (Å²) in [6.45, 7) is 6.51. The summed E-state index contributed by atoms with van der Waals surface area (Å²) in [5, 5.41) is 7.74. The molecular weight excluding hydrogens is 242 g/mol. The minimum absolute atomic E-state index is 0.190. The minimum Gasteiger partial charge on any atom is -0.465 e. The molecule has 1 aromatic heterocycles. The Morgan fingerprint density at radius 2 is 2.35 bits per heavy atom. The molecule has 0 fully saturated rings. The van der Waals surface area contributed by atoms with E-state index < -0.39 is 6.04 Å². The number of rotatable bonds is 6. The van der Waals surface area contributed by atoms with Crippen LogP contribution < -0.4 is 5.32 Å². The topological polar surface area (TPSA) is 56.2 Å². The Balaban J connectivity index is 2.66. The van der Waals surface area contributed by atoms with Crippen LogP contribution in [0.4, 0.5) is 0 Å². The van der Waals surface area contributed by atoms with Crippen molar-refractivity contribution in [3.05, 3.63) is 17.4 Å². The SMILES string of the molecule is CCOC(=O)C(Cn1cc(Cl)cn1)NC(C)C. The van der Waals surface area contributed by atoms with E-state index in [4.69, 9.17) is 16.3 Å². The Labute approximate surface area is 106 Å². The Morgan fingerprint density at radius 3 is 2.82 bits per heavy atom. The molecule has 1 rings (SSSR count). The third kappa shape index (κ3) is 4.75. The predicted octanol–water partition coefficient (Wildman–Crippen LogP) is 1.47. The van der Waals surface area contributed by atoms with Crippen LogP contribution in [0.15, 0.2) is 12.4 Å². The third-order valence-corrected chi connectivity index (χ3v) is 2.27. The number of hydrogen-bond donors (Lipinski definition) is 1. The standard InChI is InChI=1S/C11H18ClN3O2/c1-4-17-11(16)10(14-8(2)3)7-15-6-9(12)5-13-15/h5-6,8,10,14H,4,7H2,1-3H3. The van der Waals surface area contributed by atoms with E-state index in [0.29, 0.717) is 18.2 Å². The number of carbonyl (C=O) groups excluding carboxylic acids is 1. The Hall–Kier alpha value is -1.07. The van der Waals surface area contributed by atoms with E-state index in [2.05, 4.69) is 10.4 Å². The highest BCUT2D eigenvalue weighted by Gasteiger charge is 2.21. The molecule has 1 unspecified atom stereocenters. The van der Waals surface area contributed by atoms with Crippen LogP contribution in [0.3, 0.4) is 0 Å². The highest BCUT2D eigenvalue weighted by atomic mass is 35.5. The van der Waals surface area contributed by atoms with Gasteiger partial charge in [-0.2, -0.15) is 5.10 Å². The lowest BCUT2D eigenvalue weighted by Gasteiger charge is -2.19. The van der Waals surface area contributed by atoms with Gasteiger partial charge in [-0.1, -0.05) is 25.4 Å². The van der Waals surface area contributed by atoms with Gasteiger partial charge >= 0.3 is 5.97 Å². The van der Waals surface area contributed by atoms with E-state index in [1.165, 1.54) is 0 Å². The summed E-state index contributed by atoms with van der Waals surface area (Å²) in [4.78, 5) is 11.7. The molecule has 0 saturated heterocycles. The first-order chi connectivity index (χ1) is 8.02. The van der Waals surface area contributed by atoms with Crippen LogP contribution >= 0.6 is 11.6 Å². The van der Waals surface area contributed by atoms with Crippen LogP contribution in [-0.4, -0.2) is 34.4 Å². The number of ether oxygens (including phenoxy) is 1. The molecular formula is C11H18ClN3O2. The molecule has 0 saturated carbocycles. The van der Waals surface area contributed by atoms with Crippen molar-refractivity contribution in [3.63, 3.8) is 0 Å². The smallest absolute Gasteiger partial charge is 0.325 e. The summed E-state index contributed by atoms with van der Waals surface area (Å²) in [6, 6.07) is -0.221. The van der Waals surface area contributed by atoms with Crippen LogP contribution in [0, 0.1) is 0 Å². The van der Waals surface area contributed by atoms with Crippen LogP contribution in [0.1, 0.15) is 20.8 Å². The molecule has 0 amide bonds. The first kappa shape index (κ1) is 14.0. The summed E-state index contributed by atoms with van der Waals surface area (Å²) in [5.41, 5.74) is 0. The van der Waals surface area contributed by atoms with Gasteiger partial charge in [-0.05, 0) is 6.92 Å². The maximum absolute atomic E-state index is 11.7. The first-order valence-electron chi connectivity index (χ1n) is 5.63. The monoisotopic (exact) mass is 259 g/mol. The molecule has 0 aliphatic carbocycles. The van der Waals surface area contributed by atoms with Crippen LogP contribution in [-0.2, 0) is 16.1 Å². The number of esters is 1. The molecule has 0 radical (unpaired) electrons. The third-order valence-electron chi connectivity index (χ3n) is 2.08. The van der Waals surface area contributed by atoms with Gasteiger partial charge in [-0.25, -0.2) is 0 Å². The molecule has 96 valence electrons. The fraction of sp³-hybridized carbons (Fsp3) is 0.636. The van der Waals surface area contributed by atoms with Crippen molar-refractivity contribution in [2.75, 3.05) is 6.61 Å². The number of nitrogens with one attached hydrogen (secondary N) is 1. The molecule has 0 aromatic carbocycles. The van der Waals surface area contributed by atoms with Gasteiger partial charge in [0, 0.05) is 12.2 Å². The molecule has 0 bridgehead atoms. The van der Waals surface area contributed by atoms with Crippen molar-refractivity contribution in [1.29, 1.82) is 0 Å². The highest BCUT2D eigenvalue weighted by Crippen LogP contribution is 2.06. The first-order valence-corrected chi connectivity index (χ1v) is 6.01.